The van der Waals surface area contributed by atoms with Gasteiger partial charge < -0.3 is 10.2 Å². The van der Waals surface area contributed by atoms with Crippen LogP contribution < -0.4 is 0 Å². The topological polar surface area (TPSA) is 60.8 Å². The molecule has 1 fully saturated rings. The second-order valence-corrected chi connectivity index (χ2v) is 3.56. The number of aliphatic hydroxyl groups excluding tert-OH is 1. The lowest BCUT2D eigenvalue weighted by Gasteiger charge is -2.18. The smallest absolute Gasteiger partial charge is 0.310 e. The molecule has 70 valence electrons. The Labute approximate surface area is 71.8 Å². The van der Waals surface area contributed by atoms with Gasteiger partial charge in [-0.3, -0.25) is 9.69 Å². The minimum absolute atomic E-state index is 0.309. The fraction of sp³-hybridized carbons (Fsp3) is 0.875. The Morgan fingerprint density at radius 3 is 2.33 bits per heavy atom. The average molecular weight is 173 g/mol. The molecule has 0 aromatic heterocycles. The molecular weight excluding hydrogens is 158 g/mol. The van der Waals surface area contributed by atoms with Gasteiger partial charge in [-0.2, -0.15) is 0 Å². The van der Waals surface area contributed by atoms with E-state index in [1.807, 2.05) is 18.7 Å². The van der Waals surface area contributed by atoms with Crippen LogP contribution in [0.3, 0.4) is 0 Å². The van der Waals surface area contributed by atoms with Crippen molar-refractivity contribution >= 4 is 5.97 Å². The number of hydrogen-bond acceptors (Lipinski definition) is 3. The summed E-state index contributed by atoms with van der Waals surface area (Å²) in [5.74, 6) is -1.50. The Bertz CT molecular complexity index is 181. The number of likely N-dealkylation sites (tertiary alicyclic amines) is 1. The maximum atomic E-state index is 10.6. The van der Waals surface area contributed by atoms with E-state index in [1.165, 1.54) is 0 Å². The van der Waals surface area contributed by atoms with Crippen molar-refractivity contribution in [3.05, 3.63) is 0 Å². The molecule has 2 N–H and O–H groups in total. The van der Waals surface area contributed by atoms with E-state index >= 15 is 0 Å². The van der Waals surface area contributed by atoms with Crippen LogP contribution in [-0.2, 0) is 4.79 Å². The van der Waals surface area contributed by atoms with E-state index in [4.69, 9.17) is 5.11 Å². The van der Waals surface area contributed by atoms with Gasteiger partial charge in [0.25, 0.3) is 0 Å². The molecule has 4 nitrogen and oxygen atoms in total. The first kappa shape index (κ1) is 9.48. The highest BCUT2D eigenvalue weighted by atomic mass is 16.4. The van der Waals surface area contributed by atoms with Gasteiger partial charge in [-0.05, 0) is 13.8 Å². The second-order valence-electron chi connectivity index (χ2n) is 3.56. The molecule has 0 aromatic carbocycles. The molecule has 4 heteroatoms. The summed E-state index contributed by atoms with van der Waals surface area (Å²) in [5.41, 5.74) is 0. The number of aliphatic carboxylic acids is 1. The van der Waals surface area contributed by atoms with Crippen molar-refractivity contribution in [2.45, 2.75) is 26.0 Å². The van der Waals surface area contributed by atoms with Gasteiger partial charge in [0.15, 0.2) is 0 Å². The highest BCUT2D eigenvalue weighted by molar-refractivity contribution is 5.71. The SMILES string of the molecule is CC(C)N1CC(O)C(C(=O)O)C1. The Balaban J connectivity index is 2.56. The standard InChI is InChI=1S/C8H15NO3/c1-5(2)9-3-6(8(11)12)7(10)4-9/h5-7,10H,3-4H2,1-2H3,(H,11,12). The Morgan fingerprint density at radius 1 is 1.50 bits per heavy atom. The maximum absolute atomic E-state index is 10.6. The van der Waals surface area contributed by atoms with Crippen LogP contribution in [0.25, 0.3) is 0 Å². The maximum Gasteiger partial charge on any atom is 0.310 e. The van der Waals surface area contributed by atoms with Gasteiger partial charge >= 0.3 is 5.97 Å². The first-order chi connectivity index (χ1) is 5.52. The van der Waals surface area contributed by atoms with Crippen molar-refractivity contribution in [2.75, 3.05) is 13.1 Å². The molecule has 0 saturated carbocycles. The van der Waals surface area contributed by atoms with Crippen LogP contribution in [0, 0.1) is 5.92 Å². The van der Waals surface area contributed by atoms with Crippen molar-refractivity contribution in [2.24, 2.45) is 5.92 Å². The van der Waals surface area contributed by atoms with Gasteiger partial charge in [-0.15, -0.1) is 0 Å². The van der Waals surface area contributed by atoms with Crippen molar-refractivity contribution in [3.63, 3.8) is 0 Å². The van der Waals surface area contributed by atoms with E-state index in [1.54, 1.807) is 0 Å². The first-order valence-corrected chi connectivity index (χ1v) is 4.17. The minimum Gasteiger partial charge on any atom is -0.481 e. The highest BCUT2D eigenvalue weighted by Crippen LogP contribution is 2.18. The Morgan fingerprint density at radius 2 is 2.08 bits per heavy atom. The number of carboxylic acid groups (broad SMARTS) is 1. The van der Waals surface area contributed by atoms with Crippen molar-refractivity contribution in [1.82, 2.24) is 4.90 Å². The van der Waals surface area contributed by atoms with Gasteiger partial charge in [0.1, 0.15) is 0 Å². The van der Waals surface area contributed by atoms with Crippen LogP contribution in [0.5, 0.6) is 0 Å². The molecule has 1 heterocycles. The van der Waals surface area contributed by atoms with Crippen LogP contribution >= 0.6 is 0 Å². The molecule has 0 spiro atoms. The monoisotopic (exact) mass is 173 g/mol. The van der Waals surface area contributed by atoms with Crippen LogP contribution in [0.15, 0.2) is 0 Å². The minimum atomic E-state index is -0.898. The van der Waals surface area contributed by atoms with Crippen LogP contribution in [-0.4, -0.2) is 46.3 Å². The summed E-state index contributed by atoms with van der Waals surface area (Å²) in [7, 11) is 0. The van der Waals surface area contributed by atoms with Gasteiger partial charge in [0.05, 0.1) is 12.0 Å². The lowest BCUT2D eigenvalue weighted by Crippen LogP contribution is -2.29. The van der Waals surface area contributed by atoms with Crippen molar-refractivity contribution in [3.8, 4) is 0 Å². The fourth-order valence-corrected chi connectivity index (χ4v) is 1.48. The molecule has 2 atom stereocenters. The van der Waals surface area contributed by atoms with E-state index in [0.717, 1.165) is 0 Å². The van der Waals surface area contributed by atoms with E-state index in [-0.39, 0.29) is 0 Å². The predicted molar refractivity (Wildman–Crippen MR) is 43.8 cm³/mol. The molecule has 1 rings (SSSR count). The first-order valence-electron chi connectivity index (χ1n) is 4.17. The normalized spacial score (nSPS) is 31.3. The third-order valence-electron chi connectivity index (χ3n) is 2.36. The highest BCUT2D eigenvalue weighted by Gasteiger charge is 2.37. The second kappa shape index (κ2) is 3.41. The molecule has 1 aliphatic heterocycles. The summed E-state index contributed by atoms with van der Waals surface area (Å²) < 4.78 is 0. The molecular formula is C8H15NO3. The Hall–Kier alpha value is -0.610. The summed E-state index contributed by atoms with van der Waals surface area (Å²) in [4.78, 5) is 12.6. The lowest BCUT2D eigenvalue weighted by molar-refractivity contribution is -0.143. The molecule has 12 heavy (non-hydrogen) atoms. The van der Waals surface area contributed by atoms with E-state index in [0.29, 0.717) is 19.1 Å². The molecule has 0 aliphatic carbocycles. The molecule has 1 aliphatic rings. The van der Waals surface area contributed by atoms with E-state index in [9.17, 15) is 9.90 Å². The molecule has 0 radical (unpaired) electrons. The third kappa shape index (κ3) is 1.76. The predicted octanol–water partition coefficient (Wildman–Crippen LogP) is -0.228. The van der Waals surface area contributed by atoms with Gasteiger partial charge in [0.2, 0.25) is 0 Å². The number of carbonyl (C=O) groups is 1. The quantitative estimate of drug-likeness (QED) is 0.605. The summed E-state index contributed by atoms with van der Waals surface area (Å²) in [6.45, 7) is 4.94. The molecule has 0 aromatic rings. The molecule has 0 amide bonds. The molecule has 1 saturated heterocycles. The zero-order chi connectivity index (χ0) is 9.30. The number of carboxylic acids is 1. The molecule has 0 bridgehead atoms. The van der Waals surface area contributed by atoms with E-state index in [2.05, 4.69) is 0 Å². The van der Waals surface area contributed by atoms with Crippen molar-refractivity contribution in [1.29, 1.82) is 0 Å². The fourth-order valence-electron chi connectivity index (χ4n) is 1.48. The average Bonchev–Trinajstić information content (AvgIpc) is 2.30. The number of nitrogens with zero attached hydrogens (tertiary/aromatic N) is 1. The van der Waals surface area contributed by atoms with E-state index < -0.39 is 18.0 Å². The summed E-state index contributed by atoms with van der Waals surface area (Å²) in [5, 5.41) is 18.1. The van der Waals surface area contributed by atoms with Crippen molar-refractivity contribution < 1.29 is 15.0 Å². The number of β-amino-alcohol motifs (C(OH)–C–C–N with tert-alkyl or cyclic N) is 1. The lowest BCUT2D eigenvalue weighted by atomic mass is 10.1. The number of aliphatic hydroxyl groups is 1. The zero-order valence-corrected chi connectivity index (χ0v) is 7.40. The summed E-state index contributed by atoms with van der Waals surface area (Å²) >= 11 is 0. The molecule has 2 unspecified atom stereocenters. The van der Waals surface area contributed by atoms with Gasteiger partial charge in [-0.25, -0.2) is 0 Å². The van der Waals surface area contributed by atoms with Crippen LogP contribution in [0.2, 0.25) is 0 Å². The third-order valence-corrected chi connectivity index (χ3v) is 2.36. The summed E-state index contributed by atoms with van der Waals surface area (Å²) in [6.07, 6.45) is -0.704. The number of hydrogen-bond donors (Lipinski definition) is 2. The number of rotatable bonds is 2. The van der Waals surface area contributed by atoms with Gasteiger partial charge in [0, 0.05) is 19.1 Å². The van der Waals surface area contributed by atoms with Gasteiger partial charge in [-0.1, -0.05) is 0 Å². The van der Waals surface area contributed by atoms with Crippen LogP contribution in [0.1, 0.15) is 13.8 Å². The zero-order valence-electron chi connectivity index (χ0n) is 7.40. The largest absolute Gasteiger partial charge is 0.481 e. The Kier molecular flexibility index (Phi) is 2.69. The summed E-state index contributed by atoms with van der Waals surface area (Å²) in [6, 6.07) is 0.309. The van der Waals surface area contributed by atoms with Crippen LogP contribution in [0.4, 0.5) is 0 Å².